The minimum atomic E-state index is -0.286. The highest BCUT2D eigenvalue weighted by Gasteiger charge is 2.35. The summed E-state index contributed by atoms with van der Waals surface area (Å²) in [6.07, 6.45) is 4.32. The number of rotatable bonds is 4. The fourth-order valence-electron chi connectivity index (χ4n) is 4.48. The van der Waals surface area contributed by atoms with Crippen molar-refractivity contribution in [3.8, 4) is 11.5 Å². The SMILES string of the molecule is CC1CC(=O)Nc2nc(-c3nn(Cc4ccccc4F)c4ncccc34)nc(C3CC3)c21. The van der Waals surface area contributed by atoms with Gasteiger partial charge in [-0.2, -0.15) is 5.10 Å². The van der Waals surface area contributed by atoms with Gasteiger partial charge in [0.15, 0.2) is 11.5 Å². The molecule has 2 aliphatic rings. The third-order valence-corrected chi connectivity index (χ3v) is 6.18. The van der Waals surface area contributed by atoms with Crippen LogP contribution in [0.5, 0.6) is 0 Å². The van der Waals surface area contributed by atoms with E-state index in [2.05, 4.69) is 17.2 Å². The molecule has 1 fully saturated rings. The summed E-state index contributed by atoms with van der Waals surface area (Å²) in [5, 5.41) is 8.48. The maximum Gasteiger partial charge on any atom is 0.226 e. The third-order valence-electron chi connectivity index (χ3n) is 6.18. The van der Waals surface area contributed by atoms with Crippen LogP contribution in [0, 0.1) is 5.82 Å². The standard InChI is InChI=1S/C24H21FN6O/c1-13-11-18(32)27-22-19(13)20(14-8-9-14)28-23(29-22)21-16-6-4-10-26-24(16)31(30-21)12-15-5-2-3-7-17(15)25/h2-7,10,13-14H,8-9,11-12H2,1H3,(H,27,28,29,32). The van der Waals surface area contributed by atoms with Gasteiger partial charge in [-0.3, -0.25) is 4.79 Å². The third kappa shape index (κ3) is 3.14. The highest BCUT2D eigenvalue weighted by Crippen LogP contribution is 2.46. The van der Waals surface area contributed by atoms with E-state index in [1.165, 1.54) is 6.07 Å². The predicted octanol–water partition coefficient (Wildman–Crippen LogP) is 4.40. The van der Waals surface area contributed by atoms with E-state index in [1.54, 1.807) is 29.1 Å². The first-order chi connectivity index (χ1) is 15.6. The summed E-state index contributed by atoms with van der Waals surface area (Å²) in [5.74, 6) is 1.21. The average molecular weight is 428 g/mol. The fraction of sp³-hybridized carbons (Fsp3) is 0.292. The van der Waals surface area contributed by atoms with Crippen molar-refractivity contribution in [2.75, 3.05) is 5.32 Å². The molecule has 3 aromatic heterocycles. The topological polar surface area (TPSA) is 85.6 Å². The Morgan fingerprint density at radius 3 is 2.81 bits per heavy atom. The van der Waals surface area contributed by atoms with Gasteiger partial charge in [-0.15, -0.1) is 0 Å². The lowest BCUT2D eigenvalue weighted by molar-refractivity contribution is -0.116. The predicted molar refractivity (Wildman–Crippen MR) is 118 cm³/mol. The highest BCUT2D eigenvalue weighted by molar-refractivity contribution is 5.95. The number of carbonyl (C=O) groups excluding carboxylic acids is 1. The van der Waals surface area contributed by atoms with Crippen LogP contribution in [0.3, 0.4) is 0 Å². The number of anilines is 1. The molecule has 1 aliphatic heterocycles. The van der Waals surface area contributed by atoms with Crippen LogP contribution in [0.25, 0.3) is 22.6 Å². The average Bonchev–Trinajstić information content (AvgIpc) is 3.57. The zero-order valence-corrected chi connectivity index (χ0v) is 17.5. The summed E-state index contributed by atoms with van der Waals surface area (Å²) in [6.45, 7) is 2.29. The lowest BCUT2D eigenvalue weighted by Crippen LogP contribution is -2.24. The molecule has 0 saturated heterocycles. The van der Waals surface area contributed by atoms with E-state index < -0.39 is 0 Å². The van der Waals surface area contributed by atoms with Crippen molar-refractivity contribution in [1.29, 1.82) is 0 Å². The van der Waals surface area contributed by atoms with E-state index in [-0.39, 0.29) is 24.2 Å². The van der Waals surface area contributed by atoms with Crippen LogP contribution in [-0.4, -0.2) is 30.6 Å². The molecular weight excluding hydrogens is 407 g/mol. The molecule has 4 aromatic rings. The van der Waals surface area contributed by atoms with E-state index >= 15 is 0 Å². The summed E-state index contributed by atoms with van der Waals surface area (Å²) in [4.78, 5) is 26.3. The number of pyridine rings is 1. The first-order valence-corrected chi connectivity index (χ1v) is 10.9. The molecule has 160 valence electrons. The summed E-state index contributed by atoms with van der Waals surface area (Å²) in [5.41, 5.74) is 3.81. The normalized spacial score (nSPS) is 17.9. The second-order valence-corrected chi connectivity index (χ2v) is 8.59. The van der Waals surface area contributed by atoms with Crippen molar-refractivity contribution in [2.24, 2.45) is 0 Å². The lowest BCUT2D eigenvalue weighted by Gasteiger charge is -2.24. The van der Waals surface area contributed by atoms with Crippen LogP contribution in [0.1, 0.15) is 54.8 Å². The van der Waals surface area contributed by atoms with Crippen LogP contribution in [0.2, 0.25) is 0 Å². The number of fused-ring (bicyclic) bond motifs is 2. The Morgan fingerprint density at radius 2 is 2.00 bits per heavy atom. The zero-order valence-electron chi connectivity index (χ0n) is 17.5. The smallest absolute Gasteiger partial charge is 0.226 e. The van der Waals surface area contributed by atoms with Gasteiger partial charge in [-0.25, -0.2) is 24.0 Å². The summed E-state index contributed by atoms with van der Waals surface area (Å²) >= 11 is 0. The number of nitrogens with zero attached hydrogens (tertiary/aromatic N) is 5. The highest BCUT2D eigenvalue weighted by atomic mass is 19.1. The number of hydrogen-bond donors (Lipinski definition) is 1. The molecule has 32 heavy (non-hydrogen) atoms. The maximum absolute atomic E-state index is 14.3. The molecule has 0 spiro atoms. The molecule has 1 aliphatic carbocycles. The van der Waals surface area contributed by atoms with Gasteiger partial charge in [0.05, 0.1) is 17.6 Å². The Hall–Kier alpha value is -3.68. The second kappa shape index (κ2) is 7.19. The van der Waals surface area contributed by atoms with Crippen molar-refractivity contribution < 1.29 is 9.18 Å². The van der Waals surface area contributed by atoms with E-state index in [0.717, 1.165) is 29.5 Å². The first kappa shape index (κ1) is 19.0. The molecule has 1 aromatic carbocycles. The van der Waals surface area contributed by atoms with Gasteiger partial charge < -0.3 is 5.32 Å². The molecule has 6 rings (SSSR count). The number of benzene rings is 1. The monoisotopic (exact) mass is 428 g/mol. The number of amides is 1. The van der Waals surface area contributed by atoms with Crippen molar-refractivity contribution in [2.45, 2.75) is 44.6 Å². The van der Waals surface area contributed by atoms with Crippen molar-refractivity contribution >= 4 is 22.8 Å². The molecule has 1 saturated carbocycles. The molecule has 4 heterocycles. The Morgan fingerprint density at radius 1 is 1.16 bits per heavy atom. The van der Waals surface area contributed by atoms with Crippen molar-refractivity contribution in [3.63, 3.8) is 0 Å². The van der Waals surface area contributed by atoms with Crippen molar-refractivity contribution in [1.82, 2.24) is 24.7 Å². The molecule has 1 atom stereocenters. The minimum absolute atomic E-state index is 0.0343. The molecule has 0 bridgehead atoms. The van der Waals surface area contributed by atoms with E-state index in [1.807, 2.05) is 12.1 Å². The Bertz CT molecular complexity index is 1380. The Kier molecular flexibility index (Phi) is 4.28. The van der Waals surface area contributed by atoms with Crippen LogP contribution < -0.4 is 5.32 Å². The number of hydrogen-bond acceptors (Lipinski definition) is 5. The van der Waals surface area contributed by atoms with Gasteiger partial charge in [0.25, 0.3) is 0 Å². The van der Waals surface area contributed by atoms with Gasteiger partial charge in [0.2, 0.25) is 5.91 Å². The Balaban J connectivity index is 1.52. The fourth-order valence-corrected chi connectivity index (χ4v) is 4.48. The van der Waals surface area contributed by atoms with Crippen LogP contribution in [-0.2, 0) is 11.3 Å². The molecular formula is C24H21FN6O. The summed E-state index contributed by atoms with van der Waals surface area (Å²) < 4.78 is 16.0. The minimum Gasteiger partial charge on any atom is -0.310 e. The molecule has 0 radical (unpaired) electrons. The maximum atomic E-state index is 14.3. The van der Waals surface area contributed by atoms with E-state index in [9.17, 15) is 9.18 Å². The summed E-state index contributed by atoms with van der Waals surface area (Å²) in [6, 6.07) is 10.4. The molecule has 8 heteroatoms. The lowest BCUT2D eigenvalue weighted by atomic mass is 9.91. The van der Waals surface area contributed by atoms with E-state index in [4.69, 9.17) is 15.1 Å². The zero-order chi connectivity index (χ0) is 21.8. The van der Waals surface area contributed by atoms with Gasteiger partial charge in [-0.05, 0) is 37.0 Å². The van der Waals surface area contributed by atoms with Crippen LogP contribution >= 0.6 is 0 Å². The van der Waals surface area contributed by atoms with Gasteiger partial charge in [0.1, 0.15) is 17.3 Å². The van der Waals surface area contributed by atoms with Gasteiger partial charge >= 0.3 is 0 Å². The molecule has 1 unspecified atom stereocenters. The van der Waals surface area contributed by atoms with Gasteiger partial charge in [-0.1, -0.05) is 25.1 Å². The molecule has 1 amide bonds. The van der Waals surface area contributed by atoms with E-state index in [0.29, 0.717) is 40.9 Å². The van der Waals surface area contributed by atoms with Crippen molar-refractivity contribution in [3.05, 3.63) is 65.2 Å². The number of halogens is 1. The molecule has 7 nitrogen and oxygen atoms in total. The Labute approximate surface area is 183 Å². The summed E-state index contributed by atoms with van der Waals surface area (Å²) in [7, 11) is 0. The van der Waals surface area contributed by atoms with Crippen LogP contribution in [0.4, 0.5) is 10.2 Å². The second-order valence-electron chi connectivity index (χ2n) is 8.59. The number of aromatic nitrogens is 5. The first-order valence-electron chi connectivity index (χ1n) is 10.9. The van der Waals surface area contributed by atoms with Crippen LogP contribution in [0.15, 0.2) is 42.6 Å². The largest absolute Gasteiger partial charge is 0.310 e. The quantitative estimate of drug-likeness (QED) is 0.521. The molecule has 1 N–H and O–H groups in total. The number of nitrogens with one attached hydrogen (secondary N) is 1. The van der Waals surface area contributed by atoms with Gasteiger partial charge in [0, 0.05) is 29.7 Å². The number of carbonyl (C=O) groups is 1.